The fourth-order valence-electron chi connectivity index (χ4n) is 2.76. The van der Waals surface area contributed by atoms with Crippen LogP contribution in [0, 0.1) is 0 Å². The zero-order valence-corrected chi connectivity index (χ0v) is 13.2. The molecule has 2 rings (SSSR count). The molecule has 1 fully saturated rings. The van der Waals surface area contributed by atoms with Crippen molar-refractivity contribution < 1.29 is 4.74 Å². The fourth-order valence-corrected chi connectivity index (χ4v) is 2.92. The van der Waals surface area contributed by atoms with Gasteiger partial charge in [0.15, 0.2) is 0 Å². The lowest BCUT2D eigenvalue weighted by Crippen LogP contribution is -2.40. The smallest absolute Gasteiger partial charge is 0.119 e. The topological polar surface area (TPSA) is 38.5 Å². The summed E-state index contributed by atoms with van der Waals surface area (Å²) in [7, 11) is 0. The molecule has 2 N–H and O–H groups in total. The molecule has 1 aliphatic heterocycles. The molecule has 1 aromatic rings. The maximum absolute atomic E-state index is 5.82. The van der Waals surface area contributed by atoms with Crippen LogP contribution in [0.3, 0.4) is 0 Å². The third-order valence-electron chi connectivity index (χ3n) is 4.00. The molecule has 1 saturated heterocycles. The molecule has 4 heteroatoms. The van der Waals surface area contributed by atoms with E-state index >= 15 is 0 Å². The number of ether oxygens (including phenoxy) is 1. The van der Waals surface area contributed by atoms with E-state index in [0.29, 0.717) is 16.9 Å². The summed E-state index contributed by atoms with van der Waals surface area (Å²) in [6, 6.07) is 8.02. The molecule has 0 radical (unpaired) electrons. The van der Waals surface area contributed by atoms with Crippen LogP contribution in [0.4, 0.5) is 0 Å². The summed E-state index contributed by atoms with van der Waals surface area (Å²) in [4.78, 5) is 3.03. The van der Waals surface area contributed by atoms with Gasteiger partial charge in [-0.3, -0.25) is 4.90 Å². The SMILES string of the molecule is CC1(C)CCCN1CCOc1ccc(CC(N)=S)cc1. The van der Waals surface area contributed by atoms with Crippen molar-refractivity contribution in [2.45, 2.75) is 38.6 Å². The van der Waals surface area contributed by atoms with Gasteiger partial charge in [-0.15, -0.1) is 0 Å². The predicted molar refractivity (Wildman–Crippen MR) is 87.3 cm³/mol. The third kappa shape index (κ3) is 4.18. The van der Waals surface area contributed by atoms with Crippen molar-refractivity contribution in [3.8, 4) is 5.75 Å². The minimum absolute atomic E-state index is 0.323. The lowest BCUT2D eigenvalue weighted by atomic mass is 10.0. The van der Waals surface area contributed by atoms with E-state index in [1.807, 2.05) is 24.3 Å². The summed E-state index contributed by atoms with van der Waals surface area (Å²) in [6.07, 6.45) is 3.22. The number of nitrogens with two attached hydrogens (primary N) is 1. The monoisotopic (exact) mass is 292 g/mol. The van der Waals surface area contributed by atoms with Crippen molar-refractivity contribution in [1.29, 1.82) is 0 Å². The third-order valence-corrected chi connectivity index (χ3v) is 4.15. The lowest BCUT2D eigenvalue weighted by Gasteiger charge is -2.31. The lowest BCUT2D eigenvalue weighted by molar-refractivity contribution is 0.143. The molecule has 1 heterocycles. The van der Waals surface area contributed by atoms with Crippen molar-refractivity contribution >= 4 is 17.2 Å². The Morgan fingerprint density at radius 3 is 2.60 bits per heavy atom. The van der Waals surface area contributed by atoms with Gasteiger partial charge < -0.3 is 10.5 Å². The minimum Gasteiger partial charge on any atom is -0.492 e. The zero-order chi connectivity index (χ0) is 14.6. The van der Waals surface area contributed by atoms with Crippen molar-refractivity contribution in [3.05, 3.63) is 29.8 Å². The van der Waals surface area contributed by atoms with Crippen molar-refractivity contribution in [3.63, 3.8) is 0 Å². The molecule has 0 atom stereocenters. The molecule has 0 saturated carbocycles. The highest BCUT2D eigenvalue weighted by Crippen LogP contribution is 2.27. The van der Waals surface area contributed by atoms with Gasteiger partial charge in [-0.2, -0.15) is 0 Å². The second-order valence-electron chi connectivity index (χ2n) is 6.04. The first-order valence-corrected chi connectivity index (χ1v) is 7.63. The highest BCUT2D eigenvalue weighted by Gasteiger charge is 2.31. The van der Waals surface area contributed by atoms with Gasteiger partial charge in [0.2, 0.25) is 0 Å². The summed E-state index contributed by atoms with van der Waals surface area (Å²) in [5.74, 6) is 0.911. The number of hydrogen-bond donors (Lipinski definition) is 1. The summed E-state index contributed by atoms with van der Waals surface area (Å²) < 4.78 is 5.82. The van der Waals surface area contributed by atoms with E-state index in [2.05, 4.69) is 18.7 Å². The number of rotatable bonds is 6. The highest BCUT2D eigenvalue weighted by atomic mass is 32.1. The number of benzene rings is 1. The van der Waals surface area contributed by atoms with Crippen LogP contribution in [0.5, 0.6) is 5.75 Å². The van der Waals surface area contributed by atoms with E-state index in [4.69, 9.17) is 22.7 Å². The maximum Gasteiger partial charge on any atom is 0.119 e. The van der Waals surface area contributed by atoms with E-state index in [1.54, 1.807) is 0 Å². The molecule has 110 valence electrons. The first kappa shape index (κ1) is 15.3. The van der Waals surface area contributed by atoms with Gasteiger partial charge >= 0.3 is 0 Å². The van der Waals surface area contributed by atoms with Gasteiger partial charge in [-0.25, -0.2) is 0 Å². The Morgan fingerprint density at radius 1 is 1.35 bits per heavy atom. The Bertz CT molecular complexity index is 456. The average molecular weight is 292 g/mol. The normalized spacial score (nSPS) is 18.1. The maximum atomic E-state index is 5.82. The molecule has 0 unspecified atom stereocenters. The van der Waals surface area contributed by atoms with Crippen molar-refractivity contribution in [2.24, 2.45) is 5.73 Å². The fraction of sp³-hybridized carbons (Fsp3) is 0.562. The summed E-state index contributed by atoms with van der Waals surface area (Å²) in [5.41, 5.74) is 6.99. The van der Waals surface area contributed by atoms with Crippen LogP contribution in [0.15, 0.2) is 24.3 Å². The molecule has 3 nitrogen and oxygen atoms in total. The highest BCUT2D eigenvalue weighted by molar-refractivity contribution is 7.80. The van der Waals surface area contributed by atoms with E-state index in [1.165, 1.54) is 19.4 Å². The predicted octanol–water partition coefficient (Wildman–Crippen LogP) is 2.77. The van der Waals surface area contributed by atoms with Crippen molar-refractivity contribution in [1.82, 2.24) is 4.90 Å². The quantitative estimate of drug-likeness (QED) is 0.818. The molecule has 0 amide bonds. The van der Waals surface area contributed by atoms with Gasteiger partial charge in [0, 0.05) is 18.5 Å². The molecule has 0 bridgehead atoms. The van der Waals surface area contributed by atoms with Crippen LogP contribution >= 0.6 is 12.2 Å². The molecule has 1 aromatic carbocycles. The number of hydrogen-bond acceptors (Lipinski definition) is 3. The van der Waals surface area contributed by atoms with E-state index in [-0.39, 0.29) is 0 Å². The first-order valence-electron chi connectivity index (χ1n) is 7.22. The molecule has 20 heavy (non-hydrogen) atoms. The van der Waals surface area contributed by atoms with E-state index in [0.717, 1.165) is 24.5 Å². The van der Waals surface area contributed by atoms with Crippen LogP contribution in [-0.2, 0) is 6.42 Å². The number of likely N-dealkylation sites (tertiary alicyclic amines) is 1. The Hall–Kier alpha value is -1.13. The largest absolute Gasteiger partial charge is 0.492 e. The summed E-state index contributed by atoms with van der Waals surface area (Å²) in [5, 5.41) is 0. The molecule has 1 aliphatic rings. The van der Waals surface area contributed by atoms with Gasteiger partial charge in [0.05, 0.1) is 4.99 Å². The van der Waals surface area contributed by atoms with Gasteiger partial charge in [0.1, 0.15) is 12.4 Å². The minimum atomic E-state index is 0.323. The molecule has 0 spiro atoms. The van der Waals surface area contributed by atoms with Gasteiger partial charge in [-0.1, -0.05) is 24.4 Å². The second-order valence-corrected chi connectivity index (χ2v) is 6.56. The van der Waals surface area contributed by atoms with Gasteiger partial charge in [0.25, 0.3) is 0 Å². The van der Waals surface area contributed by atoms with Gasteiger partial charge in [-0.05, 0) is 50.9 Å². The van der Waals surface area contributed by atoms with Crippen molar-refractivity contribution in [2.75, 3.05) is 19.7 Å². The van der Waals surface area contributed by atoms with Crippen LogP contribution in [-0.4, -0.2) is 35.1 Å². The van der Waals surface area contributed by atoms with E-state index in [9.17, 15) is 0 Å². The summed E-state index contributed by atoms with van der Waals surface area (Å²) >= 11 is 4.90. The number of nitrogens with zero attached hydrogens (tertiary/aromatic N) is 1. The van der Waals surface area contributed by atoms with Crippen LogP contribution in [0.25, 0.3) is 0 Å². The standard InChI is InChI=1S/C16H24N2OS/c1-16(2)8-3-9-18(16)10-11-19-14-6-4-13(5-7-14)12-15(17)20/h4-7H,3,8-12H2,1-2H3,(H2,17,20). The van der Waals surface area contributed by atoms with E-state index < -0.39 is 0 Å². The first-order chi connectivity index (χ1) is 9.47. The average Bonchev–Trinajstić information content (AvgIpc) is 2.70. The van der Waals surface area contributed by atoms with Crippen LogP contribution < -0.4 is 10.5 Å². The Labute approximate surface area is 127 Å². The Morgan fingerprint density at radius 2 is 2.05 bits per heavy atom. The molecular weight excluding hydrogens is 268 g/mol. The molecule has 0 aromatic heterocycles. The second kappa shape index (κ2) is 6.55. The molecule has 0 aliphatic carbocycles. The summed E-state index contributed by atoms with van der Waals surface area (Å²) in [6.45, 7) is 7.53. The molecular formula is C16H24N2OS. The Balaban J connectivity index is 1.78. The van der Waals surface area contributed by atoms with Crippen LogP contribution in [0.1, 0.15) is 32.3 Å². The number of thiocarbonyl (C=S) groups is 1. The Kier molecular flexibility index (Phi) is 5.00. The zero-order valence-electron chi connectivity index (χ0n) is 12.4. The van der Waals surface area contributed by atoms with Crippen LogP contribution in [0.2, 0.25) is 0 Å².